The zero-order chi connectivity index (χ0) is 9.90. The number of hydrogen-bond acceptors (Lipinski definition) is 2. The first-order valence-corrected chi connectivity index (χ1v) is 3.73. The number of aromatic nitrogens is 1. The number of halogens is 3. The van der Waals surface area contributed by atoms with Gasteiger partial charge in [-0.3, -0.25) is 4.98 Å². The van der Waals surface area contributed by atoms with Crippen LogP contribution in [0.4, 0.5) is 18.9 Å². The average Bonchev–Trinajstić information content (AvgIpc) is 2.04. The highest BCUT2D eigenvalue weighted by Crippen LogP contribution is 2.33. The van der Waals surface area contributed by atoms with E-state index in [4.69, 9.17) is 0 Å². The summed E-state index contributed by atoms with van der Waals surface area (Å²) in [4.78, 5) is 3.49. The number of nitrogens with one attached hydrogen (secondary N) is 1. The molecule has 0 atom stereocenters. The third-order valence-electron chi connectivity index (χ3n) is 1.42. The van der Waals surface area contributed by atoms with Crippen molar-refractivity contribution in [1.29, 1.82) is 0 Å². The lowest BCUT2D eigenvalue weighted by molar-refractivity contribution is -0.137. The van der Waals surface area contributed by atoms with Crippen molar-refractivity contribution in [2.75, 3.05) is 11.9 Å². The van der Waals surface area contributed by atoms with Gasteiger partial charge in [0.15, 0.2) is 0 Å². The predicted octanol–water partition coefficient (Wildman–Crippen LogP) is 2.33. The molecule has 0 aliphatic heterocycles. The van der Waals surface area contributed by atoms with Crippen LogP contribution in [-0.2, 0) is 6.18 Å². The molecule has 1 radical (unpaired) electrons. The predicted molar refractivity (Wildman–Crippen MR) is 42.2 cm³/mol. The van der Waals surface area contributed by atoms with Crippen molar-refractivity contribution >= 4 is 5.69 Å². The van der Waals surface area contributed by atoms with Crippen molar-refractivity contribution in [1.82, 2.24) is 4.98 Å². The van der Waals surface area contributed by atoms with E-state index in [0.717, 1.165) is 12.3 Å². The number of hydrogen-bond donors (Lipinski definition) is 1. The lowest BCUT2D eigenvalue weighted by atomic mass is 10.2. The van der Waals surface area contributed by atoms with Crippen molar-refractivity contribution in [2.45, 2.75) is 13.1 Å². The maximum absolute atomic E-state index is 12.3. The Morgan fingerprint density at radius 3 is 2.77 bits per heavy atom. The molecule has 0 aliphatic rings. The molecule has 13 heavy (non-hydrogen) atoms. The van der Waals surface area contributed by atoms with E-state index in [-0.39, 0.29) is 5.69 Å². The second-order valence-electron chi connectivity index (χ2n) is 2.37. The van der Waals surface area contributed by atoms with Gasteiger partial charge in [-0.15, -0.1) is 0 Å². The highest BCUT2D eigenvalue weighted by molar-refractivity contribution is 5.49. The molecule has 0 spiro atoms. The van der Waals surface area contributed by atoms with Crippen LogP contribution in [0.3, 0.4) is 0 Å². The molecule has 0 aromatic carbocycles. The third-order valence-corrected chi connectivity index (χ3v) is 1.42. The van der Waals surface area contributed by atoms with Crippen LogP contribution >= 0.6 is 0 Å². The number of anilines is 1. The van der Waals surface area contributed by atoms with E-state index in [1.165, 1.54) is 0 Å². The highest BCUT2D eigenvalue weighted by atomic mass is 19.4. The summed E-state index contributed by atoms with van der Waals surface area (Å²) in [5.74, 6) is 0. The SMILES string of the molecule is CCNc1[c]nccc1C(F)(F)F. The van der Waals surface area contributed by atoms with Gasteiger partial charge in [-0.05, 0) is 13.0 Å². The van der Waals surface area contributed by atoms with Crippen molar-refractivity contribution in [3.8, 4) is 0 Å². The lowest BCUT2D eigenvalue weighted by Crippen LogP contribution is -2.10. The van der Waals surface area contributed by atoms with Gasteiger partial charge in [-0.2, -0.15) is 13.2 Å². The molecule has 1 N–H and O–H groups in total. The Bertz CT molecular complexity index is 283. The van der Waals surface area contributed by atoms with Gasteiger partial charge in [0.1, 0.15) is 6.20 Å². The summed E-state index contributed by atoms with van der Waals surface area (Å²) in [7, 11) is 0. The molecule has 0 unspecified atom stereocenters. The van der Waals surface area contributed by atoms with Crippen molar-refractivity contribution < 1.29 is 13.2 Å². The normalized spacial score (nSPS) is 11.4. The largest absolute Gasteiger partial charge is 0.418 e. The lowest BCUT2D eigenvalue weighted by Gasteiger charge is -2.11. The van der Waals surface area contributed by atoms with Crippen LogP contribution in [0.5, 0.6) is 0 Å². The Morgan fingerprint density at radius 2 is 2.23 bits per heavy atom. The van der Waals surface area contributed by atoms with Gasteiger partial charge in [0, 0.05) is 12.7 Å². The number of rotatable bonds is 2. The van der Waals surface area contributed by atoms with E-state index < -0.39 is 11.7 Å². The summed E-state index contributed by atoms with van der Waals surface area (Å²) in [5, 5.41) is 2.54. The highest BCUT2D eigenvalue weighted by Gasteiger charge is 2.33. The Hall–Kier alpha value is -1.26. The molecule has 0 amide bonds. The van der Waals surface area contributed by atoms with Crippen LogP contribution in [0, 0.1) is 6.20 Å². The maximum atomic E-state index is 12.3. The van der Waals surface area contributed by atoms with Crippen LogP contribution < -0.4 is 5.32 Å². The van der Waals surface area contributed by atoms with E-state index in [1.54, 1.807) is 6.92 Å². The minimum Gasteiger partial charge on any atom is -0.383 e. The van der Waals surface area contributed by atoms with Gasteiger partial charge < -0.3 is 5.32 Å². The second kappa shape index (κ2) is 3.64. The molecule has 0 fully saturated rings. The first-order valence-electron chi connectivity index (χ1n) is 3.73. The van der Waals surface area contributed by atoms with Gasteiger partial charge in [0.25, 0.3) is 0 Å². The second-order valence-corrected chi connectivity index (χ2v) is 2.37. The number of nitrogens with zero attached hydrogens (tertiary/aromatic N) is 1. The molecule has 0 aliphatic carbocycles. The van der Waals surface area contributed by atoms with E-state index >= 15 is 0 Å². The summed E-state index contributed by atoms with van der Waals surface area (Å²) in [5.41, 5.74) is -0.832. The average molecular weight is 189 g/mol. The Labute approximate surface area is 73.8 Å². The van der Waals surface area contributed by atoms with Crippen LogP contribution in [-0.4, -0.2) is 11.5 Å². The van der Waals surface area contributed by atoms with Crippen LogP contribution in [0.2, 0.25) is 0 Å². The Morgan fingerprint density at radius 1 is 1.54 bits per heavy atom. The maximum Gasteiger partial charge on any atom is 0.418 e. The van der Waals surface area contributed by atoms with Gasteiger partial charge in [-0.25, -0.2) is 0 Å². The third kappa shape index (κ3) is 2.34. The molecule has 1 aromatic rings. The van der Waals surface area contributed by atoms with Crippen LogP contribution in [0.15, 0.2) is 12.3 Å². The molecule has 1 rings (SSSR count). The minimum absolute atomic E-state index is 0.0995. The molecule has 5 heteroatoms. The molecule has 0 saturated heterocycles. The Kier molecular flexibility index (Phi) is 2.75. The topological polar surface area (TPSA) is 24.9 Å². The van der Waals surface area contributed by atoms with Gasteiger partial charge >= 0.3 is 6.18 Å². The van der Waals surface area contributed by atoms with Gasteiger partial charge in [0.05, 0.1) is 11.3 Å². The number of alkyl halides is 3. The first kappa shape index (κ1) is 9.83. The monoisotopic (exact) mass is 189 g/mol. The van der Waals surface area contributed by atoms with E-state index in [2.05, 4.69) is 16.5 Å². The molecular weight excluding hydrogens is 181 g/mol. The number of pyridine rings is 1. The van der Waals surface area contributed by atoms with E-state index in [1.807, 2.05) is 0 Å². The van der Waals surface area contributed by atoms with Crippen molar-refractivity contribution in [2.24, 2.45) is 0 Å². The fourth-order valence-corrected chi connectivity index (χ4v) is 0.905. The smallest absolute Gasteiger partial charge is 0.383 e. The molecule has 1 heterocycles. The molecule has 0 saturated carbocycles. The summed E-state index contributed by atoms with van der Waals surface area (Å²) in [6, 6.07) is 0.925. The zero-order valence-corrected chi connectivity index (χ0v) is 6.94. The minimum atomic E-state index is -4.35. The van der Waals surface area contributed by atoms with Crippen LogP contribution in [0.1, 0.15) is 12.5 Å². The summed E-state index contributed by atoms with van der Waals surface area (Å²) in [6.45, 7) is 2.12. The molecule has 1 aromatic heterocycles. The summed E-state index contributed by atoms with van der Waals surface area (Å²) < 4.78 is 36.9. The van der Waals surface area contributed by atoms with Gasteiger partial charge in [0.2, 0.25) is 0 Å². The fraction of sp³-hybridized carbons (Fsp3) is 0.375. The summed E-state index contributed by atoms with van der Waals surface area (Å²) in [6.07, 6.45) is -1.01. The first-order chi connectivity index (χ1) is 6.05. The molecule has 71 valence electrons. The van der Waals surface area contributed by atoms with Gasteiger partial charge in [-0.1, -0.05) is 0 Å². The molecule has 0 bridgehead atoms. The Balaban J connectivity index is 3.05. The van der Waals surface area contributed by atoms with Crippen molar-refractivity contribution in [3.63, 3.8) is 0 Å². The van der Waals surface area contributed by atoms with Crippen molar-refractivity contribution in [3.05, 3.63) is 24.0 Å². The molecule has 2 nitrogen and oxygen atoms in total. The summed E-state index contributed by atoms with van der Waals surface area (Å²) >= 11 is 0. The standard InChI is InChI=1S/C8H8F3N2/c1-2-13-7-5-12-4-3-6(7)8(9,10)11/h3-4,13H,2H2,1H3. The zero-order valence-electron chi connectivity index (χ0n) is 6.94. The fourth-order valence-electron chi connectivity index (χ4n) is 0.905. The van der Waals surface area contributed by atoms with E-state index in [0.29, 0.717) is 6.54 Å². The quantitative estimate of drug-likeness (QED) is 0.772. The van der Waals surface area contributed by atoms with Crippen LogP contribution in [0.25, 0.3) is 0 Å². The van der Waals surface area contributed by atoms with E-state index in [9.17, 15) is 13.2 Å². The molecular formula is C8H8F3N2.